The maximum atomic E-state index is 6.62. The third-order valence-electron chi connectivity index (χ3n) is 4.73. The normalized spacial score (nSPS) is 31.7. The van der Waals surface area contributed by atoms with Gasteiger partial charge in [0.15, 0.2) is 0 Å². The van der Waals surface area contributed by atoms with Gasteiger partial charge < -0.3 is 10.1 Å². The van der Waals surface area contributed by atoms with Crippen molar-refractivity contribution in [3.05, 3.63) is 0 Å². The lowest BCUT2D eigenvalue weighted by Gasteiger charge is -2.49. The Balaban J connectivity index is 1.84. The lowest BCUT2D eigenvalue weighted by Crippen LogP contribution is -2.59. The summed E-state index contributed by atoms with van der Waals surface area (Å²) in [5.41, 5.74) is 0.263. The molecule has 1 N–H and O–H groups in total. The predicted octanol–water partition coefficient (Wildman–Crippen LogP) is 4.04. The van der Waals surface area contributed by atoms with Crippen LogP contribution in [0.25, 0.3) is 0 Å². The van der Waals surface area contributed by atoms with Crippen LogP contribution in [0.1, 0.15) is 78.1 Å². The average molecular weight is 253 g/mol. The van der Waals surface area contributed by atoms with Crippen molar-refractivity contribution in [1.29, 1.82) is 0 Å². The molecule has 0 bridgehead atoms. The summed E-state index contributed by atoms with van der Waals surface area (Å²) < 4.78 is 6.62. The Morgan fingerprint density at radius 1 is 1.00 bits per heavy atom. The molecule has 1 spiro atoms. The van der Waals surface area contributed by atoms with Gasteiger partial charge in [-0.1, -0.05) is 51.9 Å². The van der Waals surface area contributed by atoms with E-state index in [9.17, 15) is 0 Å². The van der Waals surface area contributed by atoms with E-state index in [-0.39, 0.29) is 11.2 Å². The maximum absolute atomic E-state index is 6.62. The minimum atomic E-state index is 0.0866. The molecular weight excluding hydrogens is 222 g/mol. The molecule has 1 aliphatic heterocycles. The van der Waals surface area contributed by atoms with Gasteiger partial charge in [0.05, 0.1) is 11.2 Å². The molecule has 2 aliphatic rings. The fraction of sp³-hybridized carbons (Fsp3) is 1.00. The van der Waals surface area contributed by atoms with Crippen LogP contribution >= 0.6 is 0 Å². The Morgan fingerprint density at radius 3 is 2.50 bits per heavy atom. The fourth-order valence-electron chi connectivity index (χ4n) is 3.69. The minimum absolute atomic E-state index is 0.0866. The maximum Gasteiger partial charge on any atom is 0.0814 e. The Morgan fingerprint density at radius 2 is 1.78 bits per heavy atom. The molecule has 2 nitrogen and oxygen atoms in total. The molecule has 0 radical (unpaired) electrons. The van der Waals surface area contributed by atoms with Crippen LogP contribution in [0.3, 0.4) is 0 Å². The molecule has 1 aliphatic carbocycles. The lowest BCUT2D eigenvalue weighted by molar-refractivity contribution is -0.186. The second-order valence-electron chi connectivity index (χ2n) is 6.71. The van der Waals surface area contributed by atoms with Crippen LogP contribution in [-0.2, 0) is 4.74 Å². The van der Waals surface area contributed by atoms with E-state index in [1.54, 1.807) is 0 Å². The summed E-state index contributed by atoms with van der Waals surface area (Å²) in [4.78, 5) is 0. The van der Waals surface area contributed by atoms with E-state index in [1.165, 1.54) is 64.2 Å². The summed E-state index contributed by atoms with van der Waals surface area (Å²) in [6.07, 6.45) is 13.2. The van der Waals surface area contributed by atoms with E-state index in [1.807, 2.05) is 0 Å². The zero-order valence-electron chi connectivity index (χ0n) is 12.4. The van der Waals surface area contributed by atoms with Crippen molar-refractivity contribution < 1.29 is 4.74 Å². The van der Waals surface area contributed by atoms with Gasteiger partial charge in [0.2, 0.25) is 0 Å². The van der Waals surface area contributed by atoms with Crippen molar-refractivity contribution in [3.63, 3.8) is 0 Å². The zero-order valence-corrected chi connectivity index (χ0v) is 12.4. The number of nitrogens with one attached hydrogen (secondary N) is 1. The van der Waals surface area contributed by atoms with Gasteiger partial charge in [0.1, 0.15) is 0 Å². The first-order valence-electron chi connectivity index (χ1n) is 8.09. The molecule has 106 valence electrons. The minimum Gasteiger partial charge on any atom is -0.366 e. The Hall–Kier alpha value is -0.0800. The first kappa shape index (κ1) is 14.3. The van der Waals surface area contributed by atoms with Gasteiger partial charge >= 0.3 is 0 Å². The van der Waals surface area contributed by atoms with Gasteiger partial charge in [-0.25, -0.2) is 0 Å². The molecule has 0 aromatic heterocycles. The van der Waals surface area contributed by atoms with E-state index in [0.717, 1.165) is 13.1 Å². The summed E-state index contributed by atoms with van der Waals surface area (Å²) in [6, 6.07) is 0. The molecule has 2 heteroatoms. The molecule has 1 heterocycles. The molecule has 0 amide bonds. The van der Waals surface area contributed by atoms with Gasteiger partial charge in [-0.3, -0.25) is 0 Å². The molecular formula is C16H31NO. The average Bonchev–Trinajstić information content (AvgIpc) is 2.35. The molecule has 2 fully saturated rings. The number of rotatable bonds is 5. The van der Waals surface area contributed by atoms with E-state index in [0.29, 0.717) is 0 Å². The topological polar surface area (TPSA) is 21.3 Å². The number of hydrogen-bond donors (Lipinski definition) is 1. The summed E-state index contributed by atoms with van der Waals surface area (Å²) >= 11 is 0. The van der Waals surface area contributed by atoms with Gasteiger partial charge in [0, 0.05) is 13.1 Å². The van der Waals surface area contributed by atoms with E-state index in [2.05, 4.69) is 19.2 Å². The van der Waals surface area contributed by atoms with Crippen LogP contribution in [0, 0.1) is 0 Å². The Kier molecular flexibility index (Phi) is 5.08. The van der Waals surface area contributed by atoms with E-state index < -0.39 is 0 Å². The smallest absolute Gasteiger partial charge is 0.0814 e. The van der Waals surface area contributed by atoms with Crippen LogP contribution in [0.4, 0.5) is 0 Å². The largest absolute Gasteiger partial charge is 0.366 e. The first-order valence-corrected chi connectivity index (χ1v) is 8.09. The van der Waals surface area contributed by atoms with Gasteiger partial charge in [-0.05, 0) is 26.2 Å². The van der Waals surface area contributed by atoms with Crippen LogP contribution in [0.15, 0.2) is 0 Å². The first-order chi connectivity index (χ1) is 8.68. The van der Waals surface area contributed by atoms with Crippen LogP contribution in [-0.4, -0.2) is 24.3 Å². The molecule has 0 aromatic carbocycles. The number of morpholine rings is 1. The van der Waals surface area contributed by atoms with Crippen LogP contribution < -0.4 is 5.32 Å². The molecule has 1 unspecified atom stereocenters. The molecule has 1 atom stereocenters. The molecule has 1 saturated heterocycles. The summed E-state index contributed by atoms with van der Waals surface area (Å²) in [7, 11) is 0. The molecule has 2 rings (SSSR count). The number of hydrogen-bond acceptors (Lipinski definition) is 2. The van der Waals surface area contributed by atoms with Crippen molar-refractivity contribution >= 4 is 0 Å². The van der Waals surface area contributed by atoms with Crippen LogP contribution in [0.2, 0.25) is 0 Å². The predicted molar refractivity (Wildman–Crippen MR) is 76.9 cm³/mol. The number of unbranched alkanes of at least 4 members (excludes halogenated alkanes) is 3. The Bertz CT molecular complexity index is 242. The lowest BCUT2D eigenvalue weighted by atomic mass is 9.81. The zero-order chi connectivity index (χ0) is 12.9. The molecule has 1 saturated carbocycles. The van der Waals surface area contributed by atoms with Gasteiger partial charge in [0.25, 0.3) is 0 Å². The standard InChI is InChI=1S/C16H31NO/c1-3-4-5-7-10-15(2)13-17-14-16(18-15)11-8-6-9-12-16/h17H,3-14H2,1-2H3. The quantitative estimate of drug-likeness (QED) is 0.747. The van der Waals surface area contributed by atoms with Gasteiger partial charge in [-0.15, -0.1) is 0 Å². The SMILES string of the molecule is CCCCCCC1(C)CNCC2(CCCCC2)O1. The summed E-state index contributed by atoms with van der Waals surface area (Å²) in [6.45, 7) is 6.72. The van der Waals surface area contributed by atoms with Crippen molar-refractivity contribution in [2.45, 2.75) is 89.3 Å². The molecule has 0 aromatic rings. The van der Waals surface area contributed by atoms with Crippen LogP contribution in [0.5, 0.6) is 0 Å². The summed E-state index contributed by atoms with van der Waals surface area (Å²) in [5.74, 6) is 0. The molecule has 18 heavy (non-hydrogen) atoms. The van der Waals surface area contributed by atoms with E-state index in [4.69, 9.17) is 4.74 Å². The highest BCUT2D eigenvalue weighted by molar-refractivity contribution is 4.96. The van der Waals surface area contributed by atoms with Crippen molar-refractivity contribution in [2.75, 3.05) is 13.1 Å². The van der Waals surface area contributed by atoms with Crippen molar-refractivity contribution in [3.8, 4) is 0 Å². The Labute approximate surface area is 113 Å². The highest BCUT2D eigenvalue weighted by Gasteiger charge is 2.43. The number of ether oxygens (including phenoxy) is 1. The monoisotopic (exact) mass is 253 g/mol. The van der Waals surface area contributed by atoms with Crippen molar-refractivity contribution in [1.82, 2.24) is 5.32 Å². The highest BCUT2D eigenvalue weighted by Crippen LogP contribution is 2.38. The second-order valence-corrected chi connectivity index (χ2v) is 6.71. The fourth-order valence-corrected chi connectivity index (χ4v) is 3.69. The van der Waals surface area contributed by atoms with Gasteiger partial charge in [-0.2, -0.15) is 0 Å². The highest BCUT2D eigenvalue weighted by atomic mass is 16.5. The summed E-state index contributed by atoms with van der Waals surface area (Å²) in [5, 5.41) is 3.65. The van der Waals surface area contributed by atoms with E-state index >= 15 is 0 Å². The van der Waals surface area contributed by atoms with Crippen molar-refractivity contribution in [2.24, 2.45) is 0 Å². The third-order valence-corrected chi connectivity index (χ3v) is 4.73. The third kappa shape index (κ3) is 3.71. The second kappa shape index (κ2) is 6.38.